The van der Waals surface area contributed by atoms with Crippen molar-refractivity contribution in [3.63, 3.8) is 0 Å². The van der Waals surface area contributed by atoms with E-state index in [1.807, 2.05) is 0 Å². The zero-order chi connectivity index (χ0) is 24.6. The van der Waals surface area contributed by atoms with E-state index in [1.54, 1.807) is 19.1 Å². The summed E-state index contributed by atoms with van der Waals surface area (Å²) >= 11 is 0.414. The van der Waals surface area contributed by atoms with Crippen molar-refractivity contribution in [2.24, 2.45) is 10.2 Å². The molecule has 2 aromatic rings. The second-order valence-electron chi connectivity index (χ2n) is 6.45. The van der Waals surface area contributed by atoms with Gasteiger partial charge >= 0.3 is 0 Å². The Balaban J connectivity index is 2.38. The van der Waals surface area contributed by atoms with Gasteiger partial charge in [0.2, 0.25) is 5.88 Å². The minimum absolute atomic E-state index is 0.0640. The number of aromatic hydroxyl groups is 1. The van der Waals surface area contributed by atoms with Gasteiger partial charge in [-0.1, -0.05) is 11.1 Å². The van der Waals surface area contributed by atoms with Crippen LogP contribution in [0.5, 0.6) is 5.88 Å². The highest BCUT2D eigenvalue weighted by atomic mass is 32.2. The molecule has 0 unspecified atom stereocenters. The van der Waals surface area contributed by atoms with Crippen LogP contribution in [0.1, 0.15) is 30.0 Å². The lowest BCUT2D eigenvalue weighted by molar-refractivity contribution is -0.434. The van der Waals surface area contributed by atoms with E-state index in [9.17, 15) is 28.1 Å². The molecule has 0 bridgehead atoms. The van der Waals surface area contributed by atoms with E-state index < -0.39 is 26.5 Å². The molecule has 0 aliphatic carbocycles. The maximum Gasteiger partial charge on any atom is 0.296 e. The largest absolute Gasteiger partial charge is 0.493 e. The first kappa shape index (κ1) is 26.4. The first-order chi connectivity index (χ1) is 15.6. The van der Waals surface area contributed by atoms with E-state index in [0.29, 0.717) is 30.7 Å². The smallest absolute Gasteiger partial charge is 0.296 e. The van der Waals surface area contributed by atoms with Gasteiger partial charge in [-0.15, -0.1) is 14.6 Å². The van der Waals surface area contributed by atoms with Gasteiger partial charge in [-0.3, -0.25) is 18.1 Å². The fourth-order valence-electron chi connectivity index (χ4n) is 2.86. The molecule has 1 aromatic heterocycles. The predicted octanol–water partition coefficient (Wildman–Crippen LogP) is 3.35. The zero-order valence-corrected chi connectivity index (χ0v) is 19.1. The van der Waals surface area contributed by atoms with E-state index in [-0.39, 0.29) is 35.7 Å². The standard InChI is InChI=1S/C18H20N4O9S2/c1-3-22-17(23)13(10-19)11(2)16(18(22)24)21-20-14-7-6-12(9-15(14)33(26,27)28)5-4-8-29-32-31-30-25/h6-7,9,24-25H,3-5,8H2,1-2H3,(H,26,27,28)/b21-20+. The third-order valence-electron chi connectivity index (χ3n) is 4.44. The number of hydrogen-bond acceptors (Lipinski definition) is 12. The molecule has 1 aromatic carbocycles. The molecule has 0 aliphatic heterocycles. The van der Waals surface area contributed by atoms with Crippen molar-refractivity contribution in [2.75, 3.05) is 6.61 Å². The molecule has 13 nitrogen and oxygen atoms in total. The van der Waals surface area contributed by atoms with E-state index in [2.05, 4.69) is 19.6 Å². The topological polar surface area (TPSA) is 193 Å². The molecule has 0 saturated carbocycles. The molecule has 3 N–H and O–H groups in total. The van der Waals surface area contributed by atoms with Gasteiger partial charge in [0.25, 0.3) is 15.7 Å². The average molecular weight is 501 g/mol. The quantitative estimate of drug-likeness (QED) is 0.102. The van der Waals surface area contributed by atoms with E-state index >= 15 is 0 Å². The number of rotatable bonds is 11. The van der Waals surface area contributed by atoms with Crippen LogP contribution in [0.25, 0.3) is 0 Å². The molecule has 0 aliphatic rings. The molecule has 0 atom stereocenters. The Kier molecular flexibility index (Phi) is 9.49. The molecule has 0 spiro atoms. The predicted molar refractivity (Wildman–Crippen MR) is 115 cm³/mol. The molecule has 178 valence electrons. The van der Waals surface area contributed by atoms with Crippen molar-refractivity contribution in [1.82, 2.24) is 4.57 Å². The summed E-state index contributed by atoms with van der Waals surface area (Å²) in [6, 6.07) is 5.85. The van der Waals surface area contributed by atoms with Crippen LogP contribution >= 0.6 is 12.3 Å². The second kappa shape index (κ2) is 11.9. The maximum absolute atomic E-state index is 12.2. The summed E-state index contributed by atoms with van der Waals surface area (Å²) in [4.78, 5) is 11.7. The summed E-state index contributed by atoms with van der Waals surface area (Å²) < 4.78 is 43.3. The van der Waals surface area contributed by atoms with Crippen LogP contribution < -0.4 is 5.56 Å². The van der Waals surface area contributed by atoms with Gasteiger partial charge in [-0.05, 0) is 44.4 Å². The van der Waals surface area contributed by atoms with Crippen molar-refractivity contribution in [3.8, 4) is 11.9 Å². The summed E-state index contributed by atoms with van der Waals surface area (Å²) in [7, 11) is -4.68. The fourth-order valence-corrected chi connectivity index (χ4v) is 3.78. The Morgan fingerprint density at radius 1 is 1.30 bits per heavy atom. The molecule has 33 heavy (non-hydrogen) atoms. The third-order valence-corrected chi connectivity index (χ3v) is 5.71. The number of aromatic nitrogens is 1. The van der Waals surface area contributed by atoms with Gasteiger partial charge in [-0.2, -0.15) is 13.7 Å². The maximum atomic E-state index is 12.2. The summed E-state index contributed by atoms with van der Waals surface area (Å²) in [5.74, 6) is -0.527. The highest BCUT2D eigenvalue weighted by molar-refractivity contribution is 7.89. The molecule has 15 heteroatoms. The summed E-state index contributed by atoms with van der Waals surface area (Å²) in [5.41, 5.74) is -0.693. The molecular formula is C18H20N4O9S2. The van der Waals surface area contributed by atoms with Crippen LogP contribution in [-0.2, 0) is 36.6 Å². The van der Waals surface area contributed by atoms with Crippen LogP contribution in [0.15, 0.2) is 38.1 Å². The summed E-state index contributed by atoms with van der Waals surface area (Å²) in [6.07, 6.45) is 0.809. The molecule has 2 rings (SSSR count). The highest BCUT2D eigenvalue weighted by Gasteiger charge is 2.20. The van der Waals surface area contributed by atoms with E-state index in [0.717, 1.165) is 4.57 Å². The lowest BCUT2D eigenvalue weighted by atomic mass is 10.1. The summed E-state index contributed by atoms with van der Waals surface area (Å²) in [5, 5.41) is 38.7. The lowest BCUT2D eigenvalue weighted by Crippen LogP contribution is -2.23. The normalized spacial score (nSPS) is 11.7. The van der Waals surface area contributed by atoms with Gasteiger partial charge in [0, 0.05) is 12.1 Å². The molecule has 0 amide bonds. The number of azo groups is 1. The van der Waals surface area contributed by atoms with Crippen molar-refractivity contribution in [3.05, 3.63) is 45.2 Å². The van der Waals surface area contributed by atoms with Crippen LogP contribution in [0, 0.1) is 18.3 Å². The number of nitriles is 1. The minimum atomic E-state index is -4.68. The Labute approximate surface area is 192 Å². The molecule has 0 radical (unpaired) electrons. The van der Waals surface area contributed by atoms with Gasteiger partial charge in [0.1, 0.15) is 22.2 Å². The Morgan fingerprint density at radius 3 is 2.64 bits per heavy atom. The Morgan fingerprint density at radius 2 is 2.03 bits per heavy atom. The van der Waals surface area contributed by atoms with Gasteiger partial charge in [0.15, 0.2) is 18.0 Å². The minimum Gasteiger partial charge on any atom is -0.493 e. The highest BCUT2D eigenvalue weighted by Crippen LogP contribution is 2.34. The van der Waals surface area contributed by atoms with E-state index in [1.165, 1.54) is 19.1 Å². The van der Waals surface area contributed by atoms with Crippen molar-refractivity contribution >= 4 is 33.8 Å². The number of aryl methyl sites for hydroxylation is 1. The SMILES string of the molecule is CCn1c(O)c(/N=N/c2ccc(CCCOSOOO)cc2S(=O)(=O)O)c(C)c(C#N)c1=O. The number of hydrogen-bond donors (Lipinski definition) is 3. The first-order valence-corrected chi connectivity index (χ1v) is 11.4. The third kappa shape index (κ3) is 6.58. The van der Waals surface area contributed by atoms with Crippen LogP contribution in [-0.4, -0.2) is 34.5 Å². The van der Waals surface area contributed by atoms with Crippen molar-refractivity contribution in [1.29, 1.82) is 5.26 Å². The van der Waals surface area contributed by atoms with Gasteiger partial charge in [-0.25, -0.2) is 5.26 Å². The molecular weight excluding hydrogens is 480 g/mol. The van der Waals surface area contributed by atoms with E-state index in [4.69, 9.17) is 9.44 Å². The van der Waals surface area contributed by atoms with Crippen molar-refractivity contribution in [2.45, 2.75) is 38.1 Å². The number of nitrogens with zero attached hydrogens (tertiary/aromatic N) is 4. The molecule has 0 fully saturated rings. The monoisotopic (exact) mass is 500 g/mol. The van der Waals surface area contributed by atoms with Gasteiger partial charge < -0.3 is 5.11 Å². The average Bonchev–Trinajstić information content (AvgIpc) is 2.76. The van der Waals surface area contributed by atoms with Crippen LogP contribution in [0.4, 0.5) is 11.4 Å². The first-order valence-electron chi connectivity index (χ1n) is 9.30. The number of pyridine rings is 1. The number of benzene rings is 1. The van der Waals surface area contributed by atoms with Crippen molar-refractivity contribution < 1.29 is 36.9 Å². The molecule has 0 saturated heterocycles. The lowest BCUT2D eigenvalue weighted by Gasteiger charge is -2.11. The van der Waals surface area contributed by atoms with Crippen LogP contribution in [0.3, 0.4) is 0 Å². The fraction of sp³-hybridized carbons (Fsp3) is 0.333. The zero-order valence-electron chi connectivity index (χ0n) is 17.5. The second-order valence-corrected chi connectivity index (χ2v) is 8.34. The summed E-state index contributed by atoms with van der Waals surface area (Å²) in [6.45, 7) is 3.24. The molecule has 1 heterocycles. The van der Waals surface area contributed by atoms with Gasteiger partial charge in [0.05, 0.1) is 6.61 Å². The Hall–Kier alpha value is -2.84. The Bertz CT molecular complexity index is 1240. The van der Waals surface area contributed by atoms with Crippen LogP contribution in [0.2, 0.25) is 0 Å².